The fourth-order valence-corrected chi connectivity index (χ4v) is 2.65. The van der Waals surface area contributed by atoms with Crippen LogP contribution in [-0.4, -0.2) is 41.9 Å². The molecule has 1 aromatic rings. The van der Waals surface area contributed by atoms with Crippen molar-refractivity contribution in [2.45, 2.75) is 27.3 Å². The van der Waals surface area contributed by atoms with Gasteiger partial charge in [-0.2, -0.15) is 16.9 Å². The minimum atomic E-state index is 0.676. The maximum absolute atomic E-state index is 4.57. The second kappa shape index (κ2) is 7.80. The standard InChI is InChI=1S/C14H28N4S/c1-11(2)9-15-10-13-12(3)16-18(5)14(13)17(4)7-8-19-6/h11,15H,7-10H2,1-6H3. The third kappa shape index (κ3) is 4.73. The third-order valence-electron chi connectivity index (χ3n) is 3.16. The van der Waals surface area contributed by atoms with E-state index in [1.54, 1.807) is 0 Å². The molecule has 0 amide bonds. The van der Waals surface area contributed by atoms with Crippen molar-refractivity contribution in [1.82, 2.24) is 15.1 Å². The number of thioether (sulfide) groups is 1. The molecule has 1 rings (SSSR count). The van der Waals surface area contributed by atoms with Crippen LogP contribution in [0.4, 0.5) is 5.82 Å². The lowest BCUT2D eigenvalue weighted by Crippen LogP contribution is -2.26. The van der Waals surface area contributed by atoms with E-state index in [0.717, 1.165) is 31.1 Å². The second-order valence-corrected chi connectivity index (χ2v) is 6.44. The molecule has 0 atom stereocenters. The molecule has 0 bridgehead atoms. The van der Waals surface area contributed by atoms with Gasteiger partial charge in [0.25, 0.3) is 0 Å². The zero-order chi connectivity index (χ0) is 14.4. The first kappa shape index (κ1) is 16.4. The van der Waals surface area contributed by atoms with Gasteiger partial charge in [-0.25, -0.2) is 0 Å². The molecule has 0 aromatic carbocycles. The Morgan fingerprint density at radius 3 is 2.68 bits per heavy atom. The zero-order valence-corrected chi connectivity index (χ0v) is 14.0. The molecular weight excluding hydrogens is 256 g/mol. The molecule has 0 aliphatic rings. The lowest BCUT2D eigenvalue weighted by atomic mass is 10.2. The van der Waals surface area contributed by atoms with Gasteiger partial charge in [-0.05, 0) is 25.6 Å². The monoisotopic (exact) mass is 284 g/mol. The summed E-state index contributed by atoms with van der Waals surface area (Å²) in [6.07, 6.45) is 2.15. The predicted octanol–water partition coefficient (Wildman–Crippen LogP) is 2.27. The topological polar surface area (TPSA) is 33.1 Å². The molecule has 0 saturated carbocycles. The van der Waals surface area contributed by atoms with Crippen molar-refractivity contribution in [3.05, 3.63) is 11.3 Å². The smallest absolute Gasteiger partial charge is 0.131 e. The SMILES string of the molecule is CSCCN(C)c1c(CNCC(C)C)c(C)nn1C. The van der Waals surface area contributed by atoms with Crippen LogP contribution in [0.2, 0.25) is 0 Å². The Labute approximate surface area is 121 Å². The van der Waals surface area contributed by atoms with Gasteiger partial charge in [-0.3, -0.25) is 4.68 Å². The highest BCUT2D eigenvalue weighted by Crippen LogP contribution is 2.22. The molecule has 0 aliphatic heterocycles. The molecule has 0 spiro atoms. The molecule has 0 radical (unpaired) electrons. The van der Waals surface area contributed by atoms with Crippen molar-refractivity contribution in [2.24, 2.45) is 13.0 Å². The summed E-state index contributed by atoms with van der Waals surface area (Å²) in [6, 6.07) is 0. The fraction of sp³-hybridized carbons (Fsp3) is 0.786. The summed E-state index contributed by atoms with van der Waals surface area (Å²) >= 11 is 1.88. The van der Waals surface area contributed by atoms with E-state index in [2.05, 4.69) is 49.4 Å². The van der Waals surface area contributed by atoms with E-state index in [1.807, 2.05) is 23.5 Å². The summed E-state index contributed by atoms with van der Waals surface area (Å²) in [7, 11) is 4.18. The highest BCUT2D eigenvalue weighted by atomic mass is 32.2. The minimum Gasteiger partial charge on any atom is -0.359 e. The summed E-state index contributed by atoms with van der Waals surface area (Å²) < 4.78 is 2.00. The van der Waals surface area contributed by atoms with Crippen LogP contribution in [0.15, 0.2) is 0 Å². The Morgan fingerprint density at radius 1 is 1.42 bits per heavy atom. The van der Waals surface area contributed by atoms with E-state index in [9.17, 15) is 0 Å². The van der Waals surface area contributed by atoms with E-state index in [1.165, 1.54) is 11.4 Å². The first-order chi connectivity index (χ1) is 8.97. The average molecular weight is 284 g/mol. The highest BCUT2D eigenvalue weighted by Gasteiger charge is 2.16. The summed E-state index contributed by atoms with van der Waals surface area (Å²) in [6.45, 7) is 9.55. The molecule has 0 fully saturated rings. The van der Waals surface area contributed by atoms with E-state index in [-0.39, 0.29) is 0 Å². The highest BCUT2D eigenvalue weighted by molar-refractivity contribution is 7.98. The van der Waals surface area contributed by atoms with Crippen LogP contribution in [0, 0.1) is 12.8 Å². The summed E-state index contributed by atoms with van der Waals surface area (Å²) in [5, 5.41) is 8.09. The second-order valence-electron chi connectivity index (χ2n) is 5.45. The van der Waals surface area contributed by atoms with Gasteiger partial charge in [0.1, 0.15) is 5.82 Å². The molecule has 1 N–H and O–H groups in total. The van der Waals surface area contributed by atoms with Gasteiger partial charge < -0.3 is 10.2 Å². The Morgan fingerprint density at radius 2 is 2.11 bits per heavy atom. The van der Waals surface area contributed by atoms with Crippen LogP contribution in [0.5, 0.6) is 0 Å². The van der Waals surface area contributed by atoms with Crippen molar-refractivity contribution in [1.29, 1.82) is 0 Å². The summed E-state index contributed by atoms with van der Waals surface area (Å²) in [5.41, 5.74) is 2.46. The molecule has 110 valence electrons. The molecule has 0 unspecified atom stereocenters. The van der Waals surface area contributed by atoms with E-state index in [0.29, 0.717) is 5.92 Å². The van der Waals surface area contributed by atoms with E-state index < -0.39 is 0 Å². The minimum absolute atomic E-state index is 0.676. The Kier molecular flexibility index (Phi) is 6.72. The Bertz CT molecular complexity index is 387. The third-order valence-corrected chi connectivity index (χ3v) is 3.75. The van der Waals surface area contributed by atoms with Crippen molar-refractivity contribution in [2.75, 3.05) is 37.0 Å². The number of nitrogens with zero attached hydrogens (tertiary/aromatic N) is 3. The molecule has 0 saturated heterocycles. The van der Waals surface area contributed by atoms with Crippen LogP contribution in [0.3, 0.4) is 0 Å². The average Bonchev–Trinajstić information content (AvgIpc) is 2.61. The number of aryl methyl sites for hydroxylation is 2. The predicted molar refractivity (Wildman–Crippen MR) is 86.1 cm³/mol. The number of rotatable bonds is 8. The van der Waals surface area contributed by atoms with Gasteiger partial charge in [-0.1, -0.05) is 13.8 Å². The largest absolute Gasteiger partial charge is 0.359 e. The Balaban J connectivity index is 2.78. The fourth-order valence-electron chi connectivity index (χ4n) is 2.19. The number of anilines is 1. The first-order valence-electron chi connectivity index (χ1n) is 6.90. The van der Waals surface area contributed by atoms with Gasteiger partial charge in [0.15, 0.2) is 0 Å². The molecule has 1 heterocycles. The van der Waals surface area contributed by atoms with Crippen LogP contribution >= 0.6 is 11.8 Å². The molecule has 4 nitrogen and oxygen atoms in total. The Hall–Kier alpha value is -0.680. The van der Waals surface area contributed by atoms with Gasteiger partial charge in [0, 0.05) is 38.5 Å². The van der Waals surface area contributed by atoms with Crippen LogP contribution in [0.25, 0.3) is 0 Å². The number of nitrogens with one attached hydrogen (secondary N) is 1. The summed E-state index contributed by atoms with van der Waals surface area (Å²) in [4.78, 5) is 2.31. The van der Waals surface area contributed by atoms with Crippen molar-refractivity contribution in [3.8, 4) is 0 Å². The lowest BCUT2D eigenvalue weighted by molar-refractivity contribution is 0.551. The molecule has 19 heavy (non-hydrogen) atoms. The van der Waals surface area contributed by atoms with Crippen LogP contribution < -0.4 is 10.2 Å². The van der Waals surface area contributed by atoms with E-state index >= 15 is 0 Å². The maximum atomic E-state index is 4.57. The quantitative estimate of drug-likeness (QED) is 0.794. The normalized spacial score (nSPS) is 11.3. The van der Waals surface area contributed by atoms with Crippen LogP contribution in [0.1, 0.15) is 25.1 Å². The maximum Gasteiger partial charge on any atom is 0.131 e. The number of hydrogen-bond donors (Lipinski definition) is 1. The first-order valence-corrected chi connectivity index (χ1v) is 8.30. The zero-order valence-electron chi connectivity index (χ0n) is 13.2. The molecule has 5 heteroatoms. The molecule has 0 aliphatic carbocycles. The van der Waals surface area contributed by atoms with Gasteiger partial charge in [0.2, 0.25) is 0 Å². The van der Waals surface area contributed by atoms with E-state index in [4.69, 9.17) is 0 Å². The van der Waals surface area contributed by atoms with Crippen LogP contribution in [-0.2, 0) is 13.6 Å². The number of hydrogen-bond acceptors (Lipinski definition) is 4. The van der Waals surface area contributed by atoms with Crippen molar-refractivity contribution >= 4 is 17.6 Å². The van der Waals surface area contributed by atoms with Gasteiger partial charge in [0.05, 0.1) is 5.69 Å². The van der Waals surface area contributed by atoms with Gasteiger partial charge >= 0.3 is 0 Å². The van der Waals surface area contributed by atoms with Crippen molar-refractivity contribution in [3.63, 3.8) is 0 Å². The van der Waals surface area contributed by atoms with Crippen molar-refractivity contribution < 1.29 is 0 Å². The molecule has 1 aromatic heterocycles. The van der Waals surface area contributed by atoms with Gasteiger partial charge in [-0.15, -0.1) is 0 Å². The number of aromatic nitrogens is 2. The lowest BCUT2D eigenvalue weighted by Gasteiger charge is -2.21. The molecular formula is C14H28N4S. The summed E-state index contributed by atoms with van der Waals surface area (Å²) in [5.74, 6) is 3.05.